The maximum Gasteiger partial charge on any atom is 0.307 e. The highest BCUT2D eigenvalue weighted by molar-refractivity contribution is 5.91. The largest absolute Gasteiger partial charge is 0.481 e. The van der Waals surface area contributed by atoms with Crippen LogP contribution in [0.25, 0.3) is 0 Å². The molecule has 1 aromatic rings. The monoisotopic (exact) mass is 330 g/mol. The average molecular weight is 330 g/mol. The number of hydrogen-bond donors (Lipinski definition) is 1. The Balaban J connectivity index is 1.64. The number of aryl methyl sites for hydroxylation is 2. The van der Waals surface area contributed by atoms with Gasteiger partial charge in [0.1, 0.15) is 0 Å². The van der Waals surface area contributed by atoms with Gasteiger partial charge in [0.15, 0.2) is 0 Å². The number of piperazine rings is 1. The minimum atomic E-state index is -0.854. The van der Waals surface area contributed by atoms with Gasteiger partial charge in [-0.3, -0.25) is 9.59 Å². The van der Waals surface area contributed by atoms with Gasteiger partial charge in [0.05, 0.1) is 11.8 Å². The Kier molecular flexibility index (Phi) is 4.06. The zero-order valence-corrected chi connectivity index (χ0v) is 14.9. The molecule has 0 spiro atoms. The molecule has 5 heteroatoms. The molecule has 1 amide bonds. The Morgan fingerprint density at radius 3 is 2.25 bits per heavy atom. The first-order chi connectivity index (χ1) is 11.2. The quantitative estimate of drug-likeness (QED) is 0.924. The van der Waals surface area contributed by atoms with Crippen LogP contribution >= 0.6 is 0 Å². The van der Waals surface area contributed by atoms with Crippen molar-refractivity contribution >= 4 is 17.6 Å². The molecular weight excluding hydrogens is 304 g/mol. The summed E-state index contributed by atoms with van der Waals surface area (Å²) in [7, 11) is 0. The van der Waals surface area contributed by atoms with Crippen LogP contribution in [0.1, 0.15) is 25.0 Å². The van der Waals surface area contributed by atoms with Gasteiger partial charge in [-0.05, 0) is 36.5 Å². The summed E-state index contributed by atoms with van der Waals surface area (Å²) >= 11 is 0. The third-order valence-corrected chi connectivity index (χ3v) is 5.66. The van der Waals surface area contributed by atoms with Crippen LogP contribution in [0.3, 0.4) is 0 Å². The fourth-order valence-corrected chi connectivity index (χ4v) is 3.98. The molecule has 1 saturated heterocycles. The van der Waals surface area contributed by atoms with E-state index in [1.165, 1.54) is 16.8 Å². The van der Waals surface area contributed by atoms with Gasteiger partial charge in [-0.2, -0.15) is 0 Å². The summed E-state index contributed by atoms with van der Waals surface area (Å²) in [6.07, 6.45) is 0. The summed E-state index contributed by atoms with van der Waals surface area (Å²) in [5.41, 5.74) is 3.29. The van der Waals surface area contributed by atoms with Crippen molar-refractivity contribution < 1.29 is 14.7 Å². The third kappa shape index (κ3) is 2.76. The highest BCUT2D eigenvalue weighted by Gasteiger charge is 2.66. The molecule has 5 nitrogen and oxygen atoms in total. The molecular formula is C19H26N2O3. The van der Waals surface area contributed by atoms with Crippen molar-refractivity contribution in [3.05, 3.63) is 29.3 Å². The zero-order valence-electron chi connectivity index (χ0n) is 14.9. The molecule has 130 valence electrons. The van der Waals surface area contributed by atoms with E-state index in [9.17, 15) is 14.7 Å². The van der Waals surface area contributed by atoms with Crippen LogP contribution in [0.2, 0.25) is 0 Å². The van der Waals surface area contributed by atoms with E-state index >= 15 is 0 Å². The van der Waals surface area contributed by atoms with Crippen LogP contribution < -0.4 is 4.90 Å². The lowest BCUT2D eigenvalue weighted by Crippen LogP contribution is -2.49. The van der Waals surface area contributed by atoms with Crippen molar-refractivity contribution in [2.75, 3.05) is 31.1 Å². The number of carbonyl (C=O) groups is 2. The number of nitrogens with zero attached hydrogens (tertiary/aromatic N) is 2. The molecule has 24 heavy (non-hydrogen) atoms. The van der Waals surface area contributed by atoms with Gasteiger partial charge >= 0.3 is 5.97 Å². The van der Waals surface area contributed by atoms with Crippen molar-refractivity contribution in [2.24, 2.45) is 17.3 Å². The Labute approximate surface area is 143 Å². The lowest BCUT2D eigenvalue weighted by Gasteiger charge is -2.37. The van der Waals surface area contributed by atoms with E-state index in [1.54, 1.807) is 0 Å². The first-order valence-corrected chi connectivity index (χ1v) is 8.57. The van der Waals surface area contributed by atoms with Crippen LogP contribution in [0, 0.1) is 31.1 Å². The van der Waals surface area contributed by atoms with Gasteiger partial charge in [-0.25, -0.2) is 0 Å². The van der Waals surface area contributed by atoms with E-state index in [1.807, 2.05) is 18.7 Å². The fraction of sp³-hybridized carbons (Fsp3) is 0.579. The van der Waals surface area contributed by atoms with Gasteiger partial charge in [0.2, 0.25) is 5.91 Å². The van der Waals surface area contributed by atoms with Gasteiger partial charge in [0, 0.05) is 31.9 Å². The lowest BCUT2D eigenvalue weighted by molar-refractivity contribution is -0.142. The van der Waals surface area contributed by atoms with Gasteiger partial charge in [-0.15, -0.1) is 0 Å². The molecule has 2 unspecified atom stereocenters. The normalized spacial score (nSPS) is 25.5. The summed E-state index contributed by atoms with van der Waals surface area (Å²) in [6.45, 7) is 10.8. The molecule has 0 aromatic heterocycles. The number of anilines is 1. The second kappa shape index (κ2) is 5.80. The maximum atomic E-state index is 12.7. The molecule has 0 bridgehead atoms. The minimum Gasteiger partial charge on any atom is -0.481 e. The molecule has 1 N–H and O–H groups in total. The van der Waals surface area contributed by atoms with E-state index in [-0.39, 0.29) is 11.8 Å². The van der Waals surface area contributed by atoms with E-state index in [0.717, 1.165) is 13.1 Å². The topological polar surface area (TPSA) is 60.9 Å². The summed E-state index contributed by atoms with van der Waals surface area (Å²) in [4.78, 5) is 28.2. The van der Waals surface area contributed by atoms with Crippen molar-refractivity contribution in [2.45, 2.75) is 27.7 Å². The SMILES string of the molecule is Cc1ccc(C)c(N2CCN(C(=O)C3C(C(=O)O)C3(C)C)CC2)c1. The van der Waals surface area contributed by atoms with Crippen LogP contribution in [0.15, 0.2) is 18.2 Å². The summed E-state index contributed by atoms with van der Waals surface area (Å²) in [6, 6.07) is 6.43. The molecule has 1 aliphatic carbocycles. The second-order valence-corrected chi connectivity index (χ2v) is 7.72. The average Bonchev–Trinajstić information content (AvgIpc) is 3.12. The fourth-order valence-electron chi connectivity index (χ4n) is 3.98. The molecule has 3 rings (SSSR count). The number of carboxylic acid groups (broad SMARTS) is 1. The molecule has 1 heterocycles. The van der Waals surface area contributed by atoms with Gasteiger partial charge in [-0.1, -0.05) is 26.0 Å². The molecule has 1 aliphatic heterocycles. The Hall–Kier alpha value is -2.04. The summed E-state index contributed by atoms with van der Waals surface area (Å²) < 4.78 is 0. The molecule has 2 atom stereocenters. The molecule has 0 radical (unpaired) electrons. The van der Waals surface area contributed by atoms with Crippen molar-refractivity contribution in [1.82, 2.24) is 4.90 Å². The Bertz CT molecular complexity index is 675. The molecule has 1 saturated carbocycles. The van der Waals surface area contributed by atoms with E-state index < -0.39 is 17.3 Å². The standard InChI is InChI=1S/C19H26N2O3/c1-12-5-6-13(2)14(11-12)20-7-9-21(10-8-20)17(22)15-16(18(23)24)19(15,3)4/h5-6,11,15-16H,7-10H2,1-4H3,(H,23,24). The second-order valence-electron chi connectivity index (χ2n) is 7.72. The molecule has 2 fully saturated rings. The van der Waals surface area contributed by atoms with Gasteiger partial charge in [0.25, 0.3) is 0 Å². The number of aliphatic carboxylic acids is 1. The summed E-state index contributed by atoms with van der Waals surface area (Å²) in [5, 5.41) is 9.27. The first-order valence-electron chi connectivity index (χ1n) is 8.57. The van der Waals surface area contributed by atoms with Crippen molar-refractivity contribution in [3.63, 3.8) is 0 Å². The maximum absolute atomic E-state index is 12.7. The Morgan fingerprint density at radius 1 is 1.08 bits per heavy atom. The number of carbonyl (C=O) groups excluding carboxylic acids is 1. The zero-order chi connectivity index (χ0) is 17.6. The number of carboxylic acids is 1. The number of amides is 1. The van der Waals surface area contributed by atoms with E-state index in [0.29, 0.717) is 13.1 Å². The van der Waals surface area contributed by atoms with Crippen LogP contribution in [-0.4, -0.2) is 48.1 Å². The highest BCUT2D eigenvalue weighted by atomic mass is 16.4. The number of rotatable bonds is 3. The lowest BCUT2D eigenvalue weighted by atomic mass is 10.1. The van der Waals surface area contributed by atoms with Crippen LogP contribution in [0.4, 0.5) is 5.69 Å². The predicted molar refractivity (Wildman–Crippen MR) is 93.1 cm³/mol. The van der Waals surface area contributed by atoms with Crippen molar-refractivity contribution in [3.8, 4) is 0 Å². The third-order valence-electron chi connectivity index (χ3n) is 5.66. The Morgan fingerprint density at radius 2 is 1.71 bits per heavy atom. The number of hydrogen-bond acceptors (Lipinski definition) is 3. The van der Waals surface area contributed by atoms with Crippen LogP contribution in [0.5, 0.6) is 0 Å². The van der Waals surface area contributed by atoms with E-state index in [2.05, 4.69) is 36.9 Å². The summed E-state index contributed by atoms with van der Waals surface area (Å²) in [5.74, 6) is -1.76. The van der Waals surface area contributed by atoms with E-state index in [4.69, 9.17) is 0 Å². The van der Waals surface area contributed by atoms with Crippen molar-refractivity contribution in [1.29, 1.82) is 0 Å². The predicted octanol–water partition coefficient (Wildman–Crippen LogP) is 2.31. The first kappa shape index (κ1) is 16.8. The van der Waals surface area contributed by atoms with Gasteiger partial charge < -0.3 is 14.9 Å². The highest BCUT2D eigenvalue weighted by Crippen LogP contribution is 2.59. The number of benzene rings is 1. The molecule has 2 aliphatic rings. The molecule has 1 aromatic carbocycles. The minimum absolute atomic E-state index is 0.00742. The smallest absolute Gasteiger partial charge is 0.307 e. The van der Waals surface area contributed by atoms with Crippen LogP contribution in [-0.2, 0) is 9.59 Å².